The van der Waals surface area contributed by atoms with Crippen LogP contribution in [-0.4, -0.2) is 16.7 Å². The molecule has 1 unspecified atom stereocenters. The molecule has 0 aromatic rings. The van der Waals surface area contributed by atoms with Gasteiger partial charge in [0, 0.05) is 0 Å². The van der Waals surface area contributed by atoms with Crippen LogP contribution in [0.4, 0.5) is 0 Å². The van der Waals surface area contributed by atoms with Crippen LogP contribution >= 0.6 is 7.60 Å². The van der Waals surface area contributed by atoms with Gasteiger partial charge in [-0.3, -0.25) is 4.57 Å². The molecule has 0 bridgehead atoms. The second-order valence-electron chi connectivity index (χ2n) is 3.96. The van der Waals surface area contributed by atoms with Gasteiger partial charge in [-0.25, -0.2) is 0 Å². The Balaban J connectivity index is 4.42. The van der Waals surface area contributed by atoms with Gasteiger partial charge in [0.2, 0.25) is 0 Å². The molecule has 0 aliphatic heterocycles. The van der Waals surface area contributed by atoms with Crippen molar-refractivity contribution in [2.24, 2.45) is 5.92 Å². The Labute approximate surface area is 80.3 Å². The Kier molecular flexibility index (Phi) is 4.37. The molecule has 0 spiro atoms. The second kappa shape index (κ2) is 4.41. The molecule has 0 saturated carbocycles. The van der Waals surface area contributed by atoms with Crippen molar-refractivity contribution in [3.8, 4) is 0 Å². The van der Waals surface area contributed by atoms with Gasteiger partial charge in [0.15, 0.2) is 0 Å². The zero-order valence-corrected chi connectivity index (χ0v) is 9.67. The summed E-state index contributed by atoms with van der Waals surface area (Å²) in [6, 6.07) is 0. The van der Waals surface area contributed by atoms with Crippen LogP contribution in [0.2, 0.25) is 0 Å². The molecule has 3 nitrogen and oxygen atoms in total. The largest absolute Gasteiger partial charge is 0.332 e. The van der Waals surface area contributed by atoms with Crippen LogP contribution in [0.15, 0.2) is 12.7 Å². The summed E-state index contributed by atoms with van der Waals surface area (Å²) in [5.74, 6) is 0.192. The van der Waals surface area contributed by atoms with Crippen molar-refractivity contribution < 1.29 is 14.0 Å². The summed E-state index contributed by atoms with van der Waals surface area (Å²) < 4.78 is 16.6. The Morgan fingerprint density at radius 2 is 2.08 bits per heavy atom. The molecule has 0 amide bonds. The van der Waals surface area contributed by atoms with Crippen molar-refractivity contribution in [1.29, 1.82) is 0 Å². The lowest BCUT2D eigenvalue weighted by Crippen LogP contribution is -2.30. The van der Waals surface area contributed by atoms with Crippen molar-refractivity contribution >= 4 is 7.60 Å². The number of hydrogen-bond donors (Lipinski definition) is 1. The number of hydrogen-bond acceptors (Lipinski definition) is 2. The van der Waals surface area contributed by atoms with E-state index in [1.54, 1.807) is 0 Å². The highest BCUT2D eigenvalue weighted by Gasteiger charge is 2.31. The van der Waals surface area contributed by atoms with Crippen LogP contribution < -0.4 is 0 Å². The first-order valence-electron chi connectivity index (χ1n) is 4.35. The maximum Gasteiger partial charge on any atom is 0.332 e. The van der Waals surface area contributed by atoms with E-state index in [9.17, 15) is 9.46 Å². The van der Waals surface area contributed by atoms with E-state index in [2.05, 4.69) is 6.58 Å². The lowest BCUT2D eigenvalue weighted by atomic mass is 9.95. The van der Waals surface area contributed by atoms with Crippen LogP contribution in [0, 0.1) is 5.92 Å². The summed E-state index contributed by atoms with van der Waals surface area (Å²) in [4.78, 5) is 9.36. The zero-order valence-electron chi connectivity index (χ0n) is 8.78. The molecule has 0 radical (unpaired) electrons. The van der Waals surface area contributed by atoms with E-state index in [0.717, 1.165) is 0 Å². The van der Waals surface area contributed by atoms with E-state index in [-0.39, 0.29) is 12.1 Å². The van der Waals surface area contributed by atoms with Crippen LogP contribution in [0.1, 0.15) is 27.7 Å². The van der Waals surface area contributed by atoms with Crippen molar-refractivity contribution in [3.63, 3.8) is 0 Å². The quantitative estimate of drug-likeness (QED) is 0.555. The fourth-order valence-electron chi connectivity index (χ4n) is 0.673. The third-order valence-corrected chi connectivity index (χ3v) is 3.60. The Morgan fingerprint density at radius 3 is 2.38 bits per heavy atom. The van der Waals surface area contributed by atoms with E-state index < -0.39 is 13.2 Å². The van der Waals surface area contributed by atoms with E-state index in [0.29, 0.717) is 0 Å². The third kappa shape index (κ3) is 4.61. The van der Waals surface area contributed by atoms with E-state index in [4.69, 9.17) is 4.52 Å². The molecular formula is C9H19O3P. The Bertz CT molecular complexity index is 221. The average Bonchev–Trinajstić information content (AvgIpc) is 1.83. The van der Waals surface area contributed by atoms with Gasteiger partial charge in [0.1, 0.15) is 0 Å². The molecule has 0 aliphatic carbocycles. The molecule has 78 valence electrons. The first-order valence-corrected chi connectivity index (χ1v) is 6.11. The zero-order chi connectivity index (χ0) is 10.7. The molecule has 1 atom stereocenters. The summed E-state index contributed by atoms with van der Waals surface area (Å²) in [7, 11) is -3.49. The van der Waals surface area contributed by atoms with Gasteiger partial charge in [-0.15, -0.1) is 6.58 Å². The lowest BCUT2D eigenvalue weighted by molar-refractivity contribution is 0.0484. The molecule has 4 heteroatoms. The first-order chi connectivity index (χ1) is 5.71. The van der Waals surface area contributed by atoms with Crippen molar-refractivity contribution in [2.75, 3.05) is 6.16 Å². The highest BCUT2D eigenvalue weighted by Crippen LogP contribution is 2.47. The lowest BCUT2D eigenvalue weighted by Gasteiger charge is -2.31. The van der Waals surface area contributed by atoms with Gasteiger partial charge in [0.25, 0.3) is 0 Å². The predicted octanol–water partition coefficient (Wildman–Crippen LogP) is 2.81. The fraction of sp³-hybridized carbons (Fsp3) is 0.778. The Morgan fingerprint density at radius 1 is 1.62 bits per heavy atom. The smallest absolute Gasteiger partial charge is 0.324 e. The summed E-state index contributed by atoms with van der Waals surface area (Å²) in [6.45, 7) is 10.9. The molecule has 0 aromatic carbocycles. The van der Waals surface area contributed by atoms with Crippen molar-refractivity contribution in [3.05, 3.63) is 12.7 Å². The van der Waals surface area contributed by atoms with Gasteiger partial charge < -0.3 is 9.42 Å². The predicted molar refractivity (Wildman–Crippen MR) is 54.9 cm³/mol. The Hall–Kier alpha value is -0.110. The minimum atomic E-state index is -3.49. The maximum absolute atomic E-state index is 11.4. The van der Waals surface area contributed by atoms with Gasteiger partial charge in [-0.2, -0.15) is 0 Å². The van der Waals surface area contributed by atoms with E-state index >= 15 is 0 Å². The molecule has 0 saturated heterocycles. The van der Waals surface area contributed by atoms with Gasteiger partial charge in [0.05, 0.1) is 11.8 Å². The maximum atomic E-state index is 11.4. The van der Waals surface area contributed by atoms with Crippen LogP contribution in [0.3, 0.4) is 0 Å². The summed E-state index contributed by atoms with van der Waals surface area (Å²) >= 11 is 0. The van der Waals surface area contributed by atoms with Gasteiger partial charge in [-0.05, 0) is 19.8 Å². The third-order valence-electron chi connectivity index (χ3n) is 2.13. The highest BCUT2D eigenvalue weighted by atomic mass is 31.2. The molecule has 0 rings (SSSR count). The molecular weight excluding hydrogens is 187 g/mol. The second-order valence-corrected chi connectivity index (χ2v) is 5.78. The van der Waals surface area contributed by atoms with E-state index in [1.165, 1.54) is 6.08 Å². The number of allylic oxidation sites excluding steroid dienone is 1. The minimum absolute atomic E-state index is 0.00313. The molecule has 0 fully saturated rings. The summed E-state index contributed by atoms with van der Waals surface area (Å²) in [5, 5.41) is 0. The van der Waals surface area contributed by atoms with Crippen LogP contribution in [0.5, 0.6) is 0 Å². The monoisotopic (exact) mass is 206 g/mol. The van der Waals surface area contributed by atoms with Crippen molar-refractivity contribution in [2.45, 2.75) is 33.3 Å². The molecule has 0 heterocycles. The topological polar surface area (TPSA) is 46.5 Å². The van der Waals surface area contributed by atoms with Crippen LogP contribution in [-0.2, 0) is 9.09 Å². The van der Waals surface area contributed by atoms with Crippen LogP contribution in [0.25, 0.3) is 0 Å². The standard InChI is InChI=1S/C9H19O3P/c1-6-7-13(10,11)12-9(4,5)8(2)3/h6,8H,1,7H2,2-5H3,(H,10,11). The van der Waals surface area contributed by atoms with Gasteiger partial charge >= 0.3 is 7.60 Å². The highest BCUT2D eigenvalue weighted by molar-refractivity contribution is 7.53. The normalized spacial score (nSPS) is 17.1. The molecule has 1 N–H and O–H groups in total. The summed E-state index contributed by atoms with van der Waals surface area (Å²) in [5.41, 5.74) is -0.576. The molecule has 0 aromatic heterocycles. The number of rotatable bonds is 5. The first kappa shape index (κ1) is 12.9. The fourth-order valence-corrected chi connectivity index (χ4v) is 2.02. The molecule has 13 heavy (non-hydrogen) atoms. The average molecular weight is 206 g/mol. The SMILES string of the molecule is C=CCP(=O)(O)OC(C)(C)C(C)C. The van der Waals surface area contributed by atoms with E-state index in [1.807, 2.05) is 27.7 Å². The van der Waals surface area contributed by atoms with Gasteiger partial charge in [-0.1, -0.05) is 19.9 Å². The summed E-state index contributed by atoms with van der Waals surface area (Å²) in [6.07, 6.45) is 1.40. The van der Waals surface area contributed by atoms with Crippen molar-refractivity contribution in [1.82, 2.24) is 0 Å². The minimum Gasteiger partial charge on any atom is -0.324 e. The molecule has 0 aliphatic rings.